The van der Waals surface area contributed by atoms with Crippen LogP contribution in [0.2, 0.25) is 0 Å². The van der Waals surface area contributed by atoms with Crippen molar-refractivity contribution in [3.63, 3.8) is 0 Å². The molecule has 0 aliphatic carbocycles. The molecule has 0 aromatic carbocycles. The zero-order chi connectivity index (χ0) is 10.1. The van der Waals surface area contributed by atoms with Crippen molar-refractivity contribution in [1.29, 1.82) is 0 Å². The number of aliphatic hydroxyl groups excluding tert-OH is 1. The second-order valence-corrected chi connectivity index (χ2v) is 3.95. The van der Waals surface area contributed by atoms with E-state index in [4.69, 9.17) is 15.9 Å². The number of carboxylic acid groups (broad SMARTS) is 1. The van der Waals surface area contributed by atoms with Gasteiger partial charge in [0.05, 0.1) is 0 Å². The van der Waals surface area contributed by atoms with Gasteiger partial charge < -0.3 is 15.9 Å². The first-order chi connectivity index (χ1) is 6.18. The minimum absolute atomic E-state index is 0.235. The Morgan fingerprint density at radius 3 is 2.62 bits per heavy atom. The number of hydrogen-bond acceptors (Lipinski definition) is 4. The van der Waals surface area contributed by atoms with Gasteiger partial charge in [-0.1, -0.05) is 6.42 Å². The van der Waals surface area contributed by atoms with E-state index in [1.807, 2.05) is 0 Å². The molecular formula is C8H17NO3S. The molecule has 78 valence electrons. The third-order valence-electron chi connectivity index (χ3n) is 1.56. The van der Waals surface area contributed by atoms with Gasteiger partial charge in [-0.15, -0.1) is 0 Å². The summed E-state index contributed by atoms with van der Waals surface area (Å²) >= 11 is 1.55. The van der Waals surface area contributed by atoms with Crippen molar-refractivity contribution in [3.8, 4) is 0 Å². The topological polar surface area (TPSA) is 83.5 Å². The van der Waals surface area contributed by atoms with Gasteiger partial charge in [-0.3, -0.25) is 4.79 Å². The largest absolute Gasteiger partial charge is 0.480 e. The van der Waals surface area contributed by atoms with E-state index < -0.39 is 12.0 Å². The molecule has 0 rings (SSSR count). The lowest BCUT2D eigenvalue weighted by Gasteiger charge is -2.05. The van der Waals surface area contributed by atoms with Crippen LogP contribution in [0.25, 0.3) is 0 Å². The van der Waals surface area contributed by atoms with E-state index in [0.717, 1.165) is 25.0 Å². The minimum Gasteiger partial charge on any atom is -0.480 e. The first-order valence-corrected chi connectivity index (χ1v) is 5.51. The fourth-order valence-corrected chi connectivity index (χ4v) is 1.75. The number of rotatable bonds is 8. The van der Waals surface area contributed by atoms with Gasteiger partial charge in [-0.2, -0.15) is 11.8 Å². The number of aliphatic hydroxyl groups is 1. The molecule has 5 heteroatoms. The molecule has 0 heterocycles. The summed E-state index contributed by atoms with van der Waals surface area (Å²) in [7, 11) is 0. The average Bonchev–Trinajstić information content (AvgIpc) is 2.10. The van der Waals surface area contributed by atoms with Crippen LogP contribution in [0, 0.1) is 0 Å². The number of carbonyl (C=O) groups is 1. The standard InChI is InChI=1S/C8H17NO3S/c9-7(8(11)12)6-13-5-3-1-2-4-10/h7,10H,1-6,9H2,(H,11,12)/t7-/m0/s1. The van der Waals surface area contributed by atoms with Gasteiger partial charge in [0, 0.05) is 12.4 Å². The molecular weight excluding hydrogens is 190 g/mol. The summed E-state index contributed by atoms with van der Waals surface area (Å²) < 4.78 is 0. The molecule has 13 heavy (non-hydrogen) atoms. The van der Waals surface area contributed by atoms with Crippen LogP contribution in [-0.4, -0.2) is 40.3 Å². The third-order valence-corrected chi connectivity index (χ3v) is 2.73. The fraction of sp³-hybridized carbons (Fsp3) is 0.875. The summed E-state index contributed by atoms with van der Waals surface area (Å²) in [6.07, 6.45) is 2.83. The Balaban J connectivity index is 3.11. The van der Waals surface area contributed by atoms with Gasteiger partial charge in [-0.05, 0) is 18.6 Å². The zero-order valence-corrected chi connectivity index (χ0v) is 8.42. The second kappa shape index (κ2) is 8.34. The number of carboxylic acids is 1. The highest BCUT2D eigenvalue weighted by molar-refractivity contribution is 7.99. The van der Waals surface area contributed by atoms with E-state index in [1.54, 1.807) is 11.8 Å². The van der Waals surface area contributed by atoms with Gasteiger partial charge in [-0.25, -0.2) is 0 Å². The normalized spacial score (nSPS) is 12.8. The summed E-state index contributed by atoms with van der Waals surface area (Å²) in [5.74, 6) is 0.443. The lowest BCUT2D eigenvalue weighted by Crippen LogP contribution is -2.32. The van der Waals surface area contributed by atoms with Crippen LogP contribution in [0.1, 0.15) is 19.3 Å². The zero-order valence-electron chi connectivity index (χ0n) is 7.61. The predicted octanol–water partition coefficient (Wildman–Crippen LogP) is 0.294. The molecule has 0 aliphatic heterocycles. The van der Waals surface area contributed by atoms with E-state index in [0.29, 0.717) is 5.75 Å². The summed E-state index contributed by atoms with van der Waals surface area (Å²) in [6, 6.07) is -0.747. The first-order valence-electron chi connectivity index (χ1n) is 4.35. The maximum atomic E-state index is 10.3. The van der Waals surface area contributed by atoms with Crippen molar-refractivity contribution in [1.82, 2.24) is 0 Å². The Morgan fingerprint density at radius 1 is 1.38 bits per heavy atom. The van der Waals surface area contributed by atoms with Crippen molar-refractivity contribution >= 4 is 17.7 Å². The van der Waals surface area contributed by atoms with Crippen LogP contribution in [0.4, 0.5) is 0 Å². The molecule has 0 saturated carbocycles. The van der Waals surface area contributed by atoms with Crippen molar-refractivity contribution in [3.05, 3.63) is 0 Å². The van der Waals surface area contributed by atoms with Gasteiger partial charge in [0.1, 0.15) is 6.04 Å². The number of hydrogen-bond donors (Lipinski definition) is 3. The van der Waals surface area contributed by atoms with Gasteiger partial charge in [0.15, 0.2) is 0 Å². The maximum absolute atomic E-state index is 10.3. The van der Waals surface area contributed by atoms with E-state index >= 15 is 0 Å². The summed E-state index contributed by atoms with van der Waals surface area (Å²) in [4.78, 5) is 10.3. The highest BCUT2D eigenvalue weighted by Crippen LogP contribution is 2.07. The molecule has 0 radical (unpaired) electrons. The third kappa shape index (κ3) is 8.08. The Labute approximate surface area is 82.5 Å². The maximum Gasteiger partial charge on any atom is 0.321 e. The lowest BCUT2D eigenvalue weighted by atomic mass is 10.3. The molecule has 4 nitrogen and oxygen atoms in total. The Morgan fingerprint density at radius 2 is 2.08 bits per heavy atom. The van der Waals surface area contributed by atoms with Crippen molar-refractivity contribution in [2.75, 3.05) is 18.1 Å². The van der Waals surface area contributed by atoms with Crippen LogP contribution in [-0.2, 0) is 4.79 Å². The Hall–Kier alpha value is -0.260. The SMILES string of the molecule is N[C@@H](CSCCCCCO)C(=O)O. The number of thioether (sulfide) groups is 1. The highest BCUT2D eigenvalue weighted by Gasteiger charge is 2.09. The molecule has 0 aliphatic rings. The molecule has 0 amide bonds. The smallest absolute Gasteiger partial charge is 0.321 e. The van der Waals surface area contributed by atoms with Gasteiger partial charge in [0.2, 0.25) is 0 Å². The molecule has 0 saturated heterocycles. The van der Waals surface area contributed by atoms with Gasteiger partial charge in [0.25, 0.3) is 0 Å². The van der Waals surface area contributed by atoms with Crippen LogP contribution < -0.4 is 5.73 Å². The molecule has 1 atom stereocenters. The Bertz CT molecular complexity index is 143. The van der Waals surface area contributed by atoms with E-state index in [-0.39, 0.29) is 6.61 Å². The van der Waals surface area contributed by atoms with Gasteiger partial charge >= 0.3 is 5.97 Å². The van der Waals surface area contributed by atoms with Crippen molar-refractivity contribution in [2.24, 2.45) is 5.73 Å². The number of aliphatic carboxylic acids is 1. The monoisotopic (exact) mass is 207 g/mol. The van der Waals surface area contributed by atoms with Crippen LogP contribution >= 0.6 is 11.8 Å². The lowest BCUT2D eigenvalue weighted by molar-refractivity contribution is -0.137. The summed E-state index contributed by atoms with van der Waals surface area (Å²) in [5, 5.41) is 16.9. The molecule has 0 unspecified atom stereocenters. The van der Waals surface area contributed by atoms with Crippen LogP contribution in [0.5, 0.6) is 0 Å². The van der Waals surface area contributed by atoms with Crippen LogP contribution in [0.3, 0.4) is 0 Å². The fourth-order valence-electron chi connectivity index (χ4n) is 0.774. The van der Waals surface area contributed by atoms with Crippen molar-refractivity contribution in [2.45, 2.75) is 25.3 Å². The van der Waals surface area contributed by atoms with Crippen molar-refractivity contribution < 1.29 is 15.0 Å². The average molecular weight is 207 g/mol. The molecule has 0 aromatic heterocycles. The highest BCUT2D eigenvalue weighted by atomic mass is 32.2. The first kappa shape index (κ1) is 12.7. The molecule has 0 aromatic rings. The van der Waals surface area contributed by atoms with Crippen LogP contribution in [0.15, 0.2) is 0 Å². The number of unbranched alkanes of at least 4 members (excludes halogenated alkanes) is 2. The minimum atomic E-state index is -0.942. The van der Waals surface area contributed by atoms with E-state index in [1.165, 1.54) is 0 Å². The summed E-state index contributed by atoms with van der Waals surface area (Å²) in [6.45, 7) is 0.235. The molecule has 0 spiro atoms. The molecule has 0 bridgehead atoms. The predicted molar refractivity (Wildman–Crippen MR) is 53.9 cm³/mol. The summed E-state index contributed by atoms with van der Waals surface area (Å²) in [5.41, 5.74) is 5.30. The second-order valence-electron chi connectivity index (χ2n) is 2.80. The molecule has 0 fully saturated rings. The number of nitrogens with two attached hydrogens (primary N) is 1. The molecule has 4 N–H and O–H groups in total. The van der Waals surface area contributed by atoms with E-state index in [9.17, 15) is 4.79 Å². The quantitative estimate of drug-likeness (QED) is 0.498. The van der Waals surface area contributed by atoms with E-state index in [2.05, 4.69) is 0 Å². The Kier molecular flexibility index (Phi) is 8.18.